The Hall–Kier alpha value is -2.52. The minimum Gasteiger partial charge on any atom is -0.368 e. The quantitative estimate of drug-likeness (QED) is 0.839. The number of carbonyl (C=O) groups is 1. The zero-order valence-corrected chi connectivity index (χ0v) is 15.7. The highest BCUT2D eigenvalue weighted by molar-refractivity contribution is 5.91. The van der Waals surface area contributed by atoms with E-state index in [1.807, 2.05) is 0 Å². The van der Waals surface area contributed by atoms with Gasteiger partial charge in [0.15, 0.2) is 6.04 Å². The van der Waals surface area contributed by atoms with E-state index in [1.165, 1.54) is 0 Å². The number of fused-ring (bicyclic) bond motifs is 1. The Bertz CT molecular complexity index is 875. The van der Waals surface area contributed by atoms with Crippen LogP contribution in [0.1, 0.15) is 60.1 Å². The molecule has 0 aromatic carbocycles. The van der Waals surface area contributed by atoms with Crippen molar-refractivity contribution < 1.29 is 22.5 Å². The Labute approximate surface area is 159 Å². The van der Waals surface area contributed by atoms with Crippen molar-refractivity contribution in [3.05, 3.63) is 29.3 Å². The molecule has 1 amide bonds. The molecule has 4 heterocycles. The summed E-state index contributed by atoms with van der Waals surface area (Å²) >= 11 is 0. The highest BCUT2D eigenvalue weighted by atomic mass is 19.4. The van der Waals surface area contributed by atoms with Crippen LogP contribution in [0.15, 0.2) is 16.7 Å². The van der Waals surface area contributed by atoms with E-state index in [0.717, 1.165) is 17.5 Å². The number of halogens is 3. The Kier molecular flexibility index (Phi) is 4.59. The average Bonchev–Trinajstić information content (AvgIpc) is 3.26. The van der Waals surface area contributed by atoms with Gasteiger partial charge in [-0.1, -0.05) is 5.16 Å². The second-order valence-electron chi connectivity index (χ2n) is 7.66. The number of alkyl halides is 3. The van der Waals surface area contributed by atoms with Crippen LogP contribution in [0.2, 0.25) is 0 Å². The second kappa shape index (κ2) is 6.82. The number of amides is 1. The zero-order chi connectivity index (χ0) is 20.1. The molecule has 0 saturated carbocycles. The van der Waals surface area contributed by atoms with E-state index in [4.69, 9.17) is 4.52 Å². The first-order valence-corrected chi connectivity index (χ1v) is 9.37. The predicted octanol–water partition coefficient (Wildman–Crippen LogP) is 3.51. The SMILES string of the molecule is Cc1cc(C(=O)N2CCC[C@@H](c3cc4n(n3)[C@@H](C(F)(F)F)C[C@@H](C)N4)C2)on1. The summed E-state index contributed by atoms with van der Waals surface area (Å²) in [6.07, 6.45) is -2.90. The van der Waals surface area contributed by atoms with Crippen LogP contribution < -0.4 is 5.32 Å². The summed E-state index contributed by atoms with van der Waals surface area (Å²) in [7, 11) is 0. The molecule has 2 aliphatic heterocycles. The summed E-state index contributed by atoms with van der Waals surface area (Å²) in [6.45, 7) is 4.43. The Balaban J connectivity index is 1.56. The van der Waals surface area contributed by atoms with Crippen molar-refractivity contribution in [3.63, 3.8) is 0 Å². The van der Waals surface area contributed by atoms with Crippen molar-refractivity contribution in [2.24, 2.45) is 0 Å². The van der Waals surface area contributed by atoms with E-state index >= 15 is 0 Å². The van der Waals surface area contributed by atoms with Crippen molar-refractivity contribution >= 4 is 11.7 Å². The number of carbonyl (C=O) groups excluding carboxylic acids is 1. The van der Waals surface area contributed by atoms with Crippen molar-refractivity contribution in [2.45, 2.75) is 57.3 Å². The number of aryl methyl sites for hydroxylation is 1. The van der Waals surface area contributed by atoms with Crippen LogP contribution in [0.3, 0.4) is 0 Å². The minimum atomic E-state index is -4.35. The molecular formula is C18H22F3N5O2. The molecule has 3 atom stereocenters. The van der Waals surface area contributed by atoms with Gasteiger partial charge in [-0.15, -0.1) is 0 Å². The summed E-state index contributed by atoms with van der Waals surface area (Å²) in [5, 5.41) is 11.1. The minimum absolute atomic E-state index is 0.0578. The van der Waals surface area contributed by atoms with E-state index in [0.29, 0.717) is 30.3 Å². The van der Waals surface area contributed by atoms with Gasteiger partial charge in [0.1, 0.15) is 5.82 Å². The summed E-state index contributed by atoms with van der Waals surface area (Å²) in [5.41, 5.74) is 1.20. The smallest absolute Gasteiger partial charge is 0.368 e. The molecule has 1 saturated heterocycles. The van der Waals surface area contributed by atoms with Gasteiger partial charge >= 0.3 is 6.18 Å². The van der Waals surface area contributed by atoms with Crippen molar-refractivity contribution in [2.75, 3.05) is 18.4 Å². The molecule has 1 fully saturated rings. The molecule has 0 unspecified atom stereocenters. The van der Waals surface area contributed by atoms with E-state index in [9.17, 15) is 18.0 Å². The van der Waals surface area contributed by atoms with Crippen molar-refractivity contribution in [3.8, 4) is 0 Å². The zero-order valence-electron chi connectivity index (χ0n) is 15.7. The van der Waals surface area contributed by atoms with Crippen molar-refractivity contribution in [1.29, 1.82) is 0 Å². The molecule has 2 aliphatic rings. The lowest BCUT2D eigenvalue weighted by molar-refractivity contribution is -0.173. The van der Waals surface area contributed by atoms with Gasteiger partial charge in [-0.3, -0.25) is 4.79 Å². The van der Waals surface area contributed by atoms with E-state index in [2.05, 4.69) is 15.6 Å². The van der Waals surface area contributed by atoms with Crippen LogP contribution in [0.5, 0.6) is 0 Å². The fourth-order valence-electron chi connectivity index (χ4n) is 4.00. The number of hydrogen-bond donors (Lipinski definition) is 1. The molecular weight excluding hydrogens is 375 g/mol. The summed E-state index contributed by atoms with van der Waals surface area (Å²) < 4.78 is 46.4. The lowest BCUT2D eigenvalue weighted by atomic mass is 9.94. The standard InChI is InChI=1S/C18H22F3N5O2/c1-10-7-15(18(19,20)21)26-16(22-10)8-13(23-26)12-4-3-5-25(9-12)17(27)14-6-11(2)24-28-14/h6,8,10,12,15,22H,3-5,7,9H2,1-2H3/t10-,12-,15-/m1/s1. The highest BCUT2D eigenvalue weighted by Crippen LogP contribution is 2.40. The van der Waals surface area contributed by atoms with Gasteiger partial charge in [0, 0.05) is 37.2 Å². The summed E-state index contributed by atoms with van der Waals surface area (Å²) in [6, 6.07) is 1.35. The van der Waals surface area contributed by atoms with Gasteiger partial charge in [-0.2, -0.15) is 18.3 Å². The number of piperidine rings is 1. The Morgan fingerprint density at radius 2 is 2.14 bits per heavy atom. The Morgan fingerprint density at radius 3 is 2.82 bits per heavy atom. The molecule has 28 heavy (non-hydrogen) atoms. The van der Waals surface area contributed by atoms with Gasteiger partial charge in [0.05, 0.1) is 11.4 Å². The predicted molar refractivity (Wildman–Crippen MR) is 94.1 cm³/mol. The molecule has 1 N–H and O–H groups in total. The molecule has 0 spiro atoms. The molecule has 2 aromatic heterocycles. The monoisotopic (exact) mass is 397 g/mol. The number of aromatic nitrogens is 3. The maximum Gasteiger partial charge on any atom is 0.410 e. The van der Waals surface area contributed by atoms with Gasteiger partial charge in [0.25, 0.3) is 5.91 Å². The van der Waals surface area contributed by atoms with Crippen LogP contribution in [-0.4, -0.2) is 51.1 Å². The van der Waals surface area contributed by atoms with Gasteiger partial charge in [-0.25, -0.2) is 4.68 Å². The molecule has 10 heteroatoms. The number of likely N-dealkylation sites (tertiary alicyclic amines) is 1. The first-order valence-electron chi connectivity index (χ1n) is 9.37. The lowest BCUT2D eigenvalue weighted by Crippen LogP contribution is -2.39. The van der Waals surface area contributed by atoms with E-state index in [-0.39, 0.29) is 30.0 Å². The topological polar surface area (TPSA) is 76.2 Å². The molecule has 0 radical (unpaired) electrons. The van der Waals surface area contributed by atoms with Crippen LogP contribution in [0.4, 0.5) is 19.0 Å². The summed E-state index contributed by atoms with van der Waals surface area (Å²) in [5.74, 6) is 0.181. The van der Waals surface area contributed by atoms with Crippen LogP contribution in [0, 0.1) is 6.92 Å². The second-order valence-corrected chi connectivity index (χ2v) is 7.66. The molecule has 7 nitrogen and oxygen atoms in total. The largest absolute Gasteiger partial charge is 0.410 e. The third kappa shape index (κ3) is 3.47. The van der Waals surface area contributed by atoms with Gasteiger partial charge < -0.3 is 14.7 Å². The average molecular weight is 397 g/mol. The number of nitrogens with one attached hydrogen (secondary N) is 1. The molecule has 0 bridgehead atoms. The van der Waals surface area contributed by atoms with Crippen LogP contribution in [0.25, 0.3) is 0 Å². The first kappa shape index (κ1) is 18.8. The molecule has 2 aromatic rings. The third-order valence-electron chi connectivity index (χ3n) is 5.36. The Morgan fingerprint density at radius 1 is 1.36 bits per heavy atom. The fourth-order valence-corrected chi connectivity index (χ4v) is 4.00. The van der Waals surface area contributed by atoms with Crippen LogP contribution >= 0.6 is 0 Å². The van der Waals surface area contributed by atoms with Crippen LogP contribution in [-0.2, 0) is 0 Å². The number of nitrogens with zero attached hydrogens (tertiary/aromatic N) is 4. The third-order valence-corrected chi connectivity index (χ3v) is 5.36. The lowest BCUT2D eigenvalue weighted by Gasteiger charge is -2.32. The fraction of sp³-hybridized carbons (Fsp3) is 0.611. The van der Waals surface area contributed by atoms with E-state index < -0.39 is 12.2 Å². The molecule has 4 rings (SSSR count). The first-order chi connectivity index (χ1) is 13.2. The number of hydrogen-bond acceptors (Lipinski definition) is 5. The molecule has 0 aliphatic carbocycles. The highest BCUT2D eigenvalue weighted by Gasteiger charge is 2.46. The van der Waals surface area contributed by atoms with Gasteiger partial charge in [-0.05, 0) is 33.1 Å². The maximum absolute atomic E-state index is 13.4. The summed E-state index contributed by atoms with van der Waals surface area (Å²) in [4.78, 5) is 14.3. The van der Waals surface area contributed by atoms with Crippen molar-refractivity contribution in [1.82, 2.24) is 19.8 Å². The number of anilines is 1. The molecule has 152 valence electrons. The van der Waals surface area contributed by atoms with E-state index in [1.54, 1.807) is 30.9 Å². The number of rotatable bonds is 2. The van der Waals surface area contributed by atoms with Gasteiger partial charge in [0.2, 0.25) is 5.76 Å². The maximum atomic E-state index is 13.4. The normalized spacial score (nSPS) is 25.3.